The number of carboxylic acid groups (broad SMARTS) is 1. The molecule has 0 radical (unpaired) electrons. The van der Waals surface area contributed by atoms with Crippen LogP contribution in [0.2, 0.25) is 0 Å². The summed E-state index contributed by atoms with van der Waals surface area (Å²) in [4.78, 5) is 35.2. The highest BCUT2D eigenvalue weighted by atomic mass is 16.5. The summed E-state index contributed by atoms with van der Waals surface area (Å²) in [6.07, 6.45) is -0.712. The van der Waals surface area contributed by atoms with Gasteiger partial charge in [-0.2, -0.15) is 0 Å². The molecule has 1 aliphatic rings. The molecule has 2 aromatic carbocycles. The van der Waals surface area contributed by atoms with Crippen molar-refractivity contribution in [2.75, 3.05) is 13.2 Å². The molecule has 1 aliphatic carbocycles. The first-order chi connectivity index (χ1) is 13.9. The van der Waals surface area contributed by atoms with Gasteiger partial charge in [-0.15, -0.1) is 0 Å². The van der Waals surface area contributed by atoms with Gasteiger partial charge in [-0.25, -0.2) is 4.79 Å². The Morgan fingerprint density at radius 1 is 1.00 bits per heavy atom. The molecule has 7 nitrogen and oxygen atoms in total. The van der Waals surface area contributed by atoms with Crippen LogP contribution >= 0.6 is 0 Å². The Kier molecular flexibility index (Phi) is 6.16. The number of aliphatic carboxylic acids is 1. The molecular formula is C22H24N2O5. The van der Waals surface area contributed by atoms with E-state index in [1.54, 1.807) is 13.8 Å². The summed E-state index contributed by atoms with van der Waals surface area (Å²) in [6.45, 7) is 3.15. The van der Waals surface area contributed by atoms with Crippen molar-refractivity contribution in [3.63, 3.8) is 0 Å². The fourth-order valence-corrected chi connectivity index (χ4v) is 3.57. The minimum absolute atomic E-state index is 0.0773. The number of carboxylic acids is 1. The zero-order valence-corrected chi connectivity index (χ0v) is 16.3. The van der Waals surface area contributed by atoms with Gasteiger partial charge in [-0.3, -0.25) is 9.59 Å². The van der Waals surface area contributed by atoms with Crippen LogP contribution in [0.1, 0.15) is 30.9 Å². The molecule has 0 spiro atoms. The van der Waals surface area contributed by atoms with E-state index in [1.165, 1.54) is 0 Å². The third-order valence-electron chi connectivity index (χ3n) is 4.98. The predicted octanol–water partition coefficient (Wildman–Crippen LogP) is 2.75. The summed E-state index contributed by atoms with van der Waals surface area (Å²) in [5.74, 6) is -2.02. The molecule has 3 rings (SSSR count). The maximum absolute atomic E-state index is 12.4. The van der Waals surface area contributed by atoms with Gasteiger partial charge in [0, 0.05) is 5.92 Å². The number of rotatable bonds is 7. The highest BCUT2D eigenvalue weighted by Crippen LogP contribution is 2.44. The number of carbonyl (C=O) groups is 3. The lowest BCUT2D eigenvalue weighted by Crippen LogP contribution is -2.50. The number of fused-ring (bicyclic) bond motifs is 3. The van der Waals surface area contributed by atoms with Crippen molar-refractivity contribution in [1.82, 2.24) is 10.6 Å². The molecule has 1 unspecified atom stereocenters. The van der Waals surface area contributed by atoms with Crippen LogP contribution in [-0.2, 0) is 14.3 Å². The molecule has 7 heteroatoms. The van der Waals surface area contributed by atoms with Crippen molar-refractivity contribution in [2.24, 2.45) is 5.92 Å². The Morgan fingerprint density at radius 3 is 2.07 bits per heavy atom. The van der Waals surface area contributed by atoms with Crippen molar-refractivity contribution >= 4 is 18.0 Å². The second-order valence-corrected chi connectivity index (χ2v) is 7.30. The summed E-state index contributed by atoms with van der Waals surface area (Å²) in [5, 5.41) is 13.5. The van der Waals surface area contributed by atoms with Gasteiger partial charge in [0.25, 0.3) is 0 Å². The minimum Gasteiger partial charge on any atom is -0.480 e. The van der Waals surface area contributed by atoms with E-state index in [0.29, 0.717) is 0 Å². The van der Waals surface area contributed by atoms with Crippen molar-refractivity contribution < 1.29 is 24.2 Å². The van der Waals surface area contributed by atoms with Crippen LogP contribution in [0.4, 0.5) is 4.79 Å². The summed E-state index contributed by atoms with van der Waals surface area (Å²) >= 11 is 0. The third kappa shape index (κ3) is 4.56. The minimum atomic E-state index is -1.15. The average Bonchev–Trinajstić information content (AvgIpc) is 3.02. The van der Waals surface area contributed by atoms with E-state index in [9.17, 15) is 14.4 Å². The fraction of sp³-hybridized carbons (Fsp3) is 0.318. The Labute approximate surface area is 169 Å². The van der Waals surface area contributed by atoms with Gasteiger partial charge in [0.05, 0.1) is 0 Å². The normalized spacial score (nSPS) is 13.3. The molecule has 0 bridgehead atoms. The standard InChI is InChI=1S/C22H24N2O5/c1-13(2)20(21(27)23-11-19(25)26)24-22(28)29-12-18-16-9-5-3-7-14(16)15-8-4-6-10-17(15)18/h3-10,13,18,20H,11-12H2,1-2H3,(H,23,27)(H,24,28)(H,25,26). The highest BCUT2D eigenvalue weighted by Gasteiger charge is 2.30. The highest BCUT2D eigenvalue weighted by molar-refractivity contribution is 5.88. The molecule has 152 valence electrons. The van der Waals surface area contributed by atoms with E-state index in [-0.39, 0.29) is 18.4 Å². The van der Waals surface area contributed by atoms with Crippen LogP contribution in [-0.4, -0.2) is 42.3 Å². The van der Waals surface area contributed by atoms with Gasteiger partial charge < -0.3 is 20.5 Å². The van der Waals surface area contributed by atoms with Crippen LogP contribution in [0.5, 0.6) is 0 Å². The van der Waals surface area contributed by atoms with Crippen molar-refractivity contribution in [3.05, 3.63) is 59.7 Å². The monoisotopic (exact) mass is 396 g/mol. The van der Waals surface area contributed by atoms with Gasteiger partial charge in [0.1, 0.15) is 19.2 Å². The van der Waals surface area contributed by atoms with E-state index in [2.05, 4.69) is 22.8 Å². The SMILES string of the molecule is CC(C)C(NC(=O)OCC1c2ccccc2-c2ccccc21)C(=O)NCC(=O)O. The van der Waals surface area contributed by atoms with E-state index < -0.39 is 30.6 Å². The number of benzene rings is 2. The second-order valence-electron chi connectivity index (χ2n) is 7.30. The number of carbonyl (C=O) groups excluding carboxylic acids is 2. The van der Waals surface area contributed by atoms with Gasteiger partial charge in [0.15, 0.2) is 0 Å². The molecule has 29 heavy (non-hydrogen) atoms. The van der Waals surface area contributed by atoms with Crippen LogP contribution in [0.3, 0.4) is 0 Å². The Hall–Kier alpha value is -3.35. The summed E-state index contributed by atoms with van der Waals surface area (Å²) < 4.78 is 5.45. The molecule has 0 aromatic heterocycles. The van der Waals surface area contributed by atoms with Crippen LogP contribution < -0.4 is 10.6 Å². The Balaban J connectivity index is 1.66. The molecule has 0 saturated heterocycles. The van der Waals surface area contributed by atoms with Crippen LogP contribution in [0.25, 0.3) is 11.1 Å². The zero-order chi connectivity index (χ0) is 21.0. The number of ether oxygens (including phenoxy) is 1. The summed E-state index contributed by atoms with van der Waals surface area (Å²) in [7, 11) is 0. The van der Waals surface area contributed by atoms with Gasteiger partial charge in [0.2, 0.25) is 5.91 Å². The first-order valence-corrected chi connectivity index (χ1v) is 9.49. The zero-order valence-electron chi connectivity index (χ0n) is 16.3. The van der Waals surface area contributed by atoms with E-state index in [0.717, 1.165) is 22.3 Å². The molecule has 0 fully saturated rings. The fourth-order valence-electron chi connectivity index (χ4n) is 3.57. The lowest BCUT2D eigenvalue weighted by molar-refractivity contribution is -0.138. The number of hydrogen-bond acceptors (Lipinski definition) is 4. The van der Waals surface area contributed by atoms with Gasteiger partial charge >= 0.3 is 12.1 Å². The number of alkyl carbamates (subject to hydrolysis) is 1. The second kappa shape index (κ2) is 8.77. The number of nitrogens with one attached hydrogen (secondary N) is 2. The molecule has 1 atom stereocenters. The van der Waals surface area contributed by atoms with E-state index in [4.69, 9.17) is 9.84 Å². The van der Waals surface area contributed by atoms with Crippen molar-refractivity contribution in [2.45, 2.75) is 25.8 Å². The largest absolute Gasteiger partial charge is 0.480 e. The first kappa shape index (κ1) is 20.4. The lowest BCUT2D eigenvalue weighted by atomic mass is 9.98. The van der Waals surface area contributed by atoms with Gasteiger partial charge in [-0.1, -0.05) is 62.4 Å². The van der Waals surface area contributed by atoms with E-state index >= 15 is 0 Å². The third-order valence-corrected chi connectivity index (χ3v) is 4.98. The summed E-state index contributed by atoms with van der Waals surface area (Å²) in [6, 6.07) is 15.1. The Morgan fingerprint density at radius 2 is 1.55 bits per heavy atom. The summed E-state index contributed by atoms with van der Waals surface area (Å²) in [5.41, 5.74) is 4.46. The first-order valence-electron chi connectivity index (χ1n) is 9.49. The van der Waals surface area contributed by atoms with E-state index in [1.807, 2.05) is 36.4 Å². The Bertz CT molecular complexity index is 879. The van der Waals surface area contributed by atoms with Crippen LogP contribution in [0.15, 0.2) is 48.5 Å². The smallest absolute Gasteiger partial charge is 0.407 e. The maximum atomic E-state index is 12.4. The molecule has 0 aliphatic heterocycles. The maximum Gasteiger partial charge on any atom is 0.407 e. The quantitative estimate of drug-likeness (QED) is 0.668. The molecule has 2 amide bonds. The molecule has 0 saturated carbocycles. The molecule has 3 N–H and O–H groups in total. The van der Waals surface area contributed by atoms with Crippen LogP contribution in [0, 0.1) is 5.92 Å². The van der Waals surface area contributed by atoms with Crippen molar-refractivity contribution in [1.29, 1.82) is 0 Å². The average molecular weight is 396 g/mol. The topological polar surface area (TPSA) is 105 Å². The predicted molar refractivity (Wildman–Crippen MR) is 107 cm³/mol. The molecule has 2 aromatic rings. The molecular weight excluding hydrogens is 372 g/mol. The number of hydrogen-bond donors (Lipinski definition) is 3. The lowest BCUT2D eigenvalue weighted by Gasteiger charge is -2.22. The molecule has 0 heterocycles. The number of amides is 2. The van der Waals surface area contributed by atoms with Gasteiger partial charge in [-0.05, 0) is 28.2 Å². The van der Waals surface area contributed by atoms with Crippen molar-refractivity contribution in [3.8, 4) is 11.1 Å².